The highest BCUT2D eigenvalue weighted by Crippen LogP contribution is 2.58. The molecule has 0 aromatic heterocycles. The van der Waals surface area contributed by atoms with Crippen molar-refractivity contribution >= 4 is 5.97 Å². The standard InChI is InChI=1S/C12H12F10O2/c1-4-5-8(13,14)9(15,16)10(17,18)11(19,20)12(21,22)24-7(23)6(2)3/h2,4-5H2,1,3H3. The van der Waals surface area contributed by atoms with Gasteiger partial charge >= 0.3 is 35.8 Å². The van der Waals surface area contributed by atoms with Gasteiger partial charge in [-0.05, 0) is 6.92 Å². The van der Waals surface area contributed by atoms with Gasteiger partial charge in [-0.25, -0.2) is 4.79 Å². The molecule has 0 amide bonds. The minimum atomic E-state index is -7.24. The van der Waals surface area contributed by atoms with E-state index in [2.05, 4.69) is 11.3 Å². The minimum Gasteiger partial charge on any atom is -0.393 e. The van der Waals surface area contributed by atoms with E-state index >= 15 is 0 Å². The first-order chi connectivity index (χ1) is 10.4. The van der Waals surface area contributed by atoms with E-state index in [0.717, 1.165) is 6.92 Å². The van der Waals surface area contributed by atoms with Crippen LogP contribution in [0.5, 0.6) is 0 Å². The summed E-state index contributed by atoms with van der Waals surface area (Å²) in [7, 11) is 0. The van der Waals surface area contributed by atoms with E-state index in [1.54, 1.807) is 0 Å². The fraction of sp³-hybridized carbons (Fsp3) is 0.750. The second-order valence-electron chi connectivity index (χ2n) is 4.86. The summed E-state index contributed by atoms with van der Waals surface area (Å²) in [6, 6.07) is 0. The third-order valence-electron chi connectivity index (χ3n) is 2.75. The summed E-state index contributed by atoms with van der Waals surface area (Å²) in [5, 5.41) is 0. The fourth-order valence-corrected chi connectivity index (χ4v) is 1.35. The molecule has 12 heteroatoms. The van der Waals surface area contributed by atoms with E-state index in [-0.39, 0.29) is 0 Å². The van der Waals surface area contributed by atoms with Gasteiger partial charge in [-0.3, -0.25) is 0 Å². The van der Waals surface area contributed by atoms with E-state index in [1.165, 1.54) is 0 Å². The lowest BCUT2D eigenvalue weighted by molar-refractivity contribution is -0.437. The molecule has 0 saturated carbocycles. The van der Waals surface area contributed by atoms with Gasteiger partial charge in [-0.15, -0.1) is 0 Å². The van der Waals surface area contributed by atoms with Crippen molar-refractivity contribution in [1.82, 2.24) is 0 Å². The van der Waals surface area contributed by atoms with Crippen LogP contribution in [0.1, 0.15) is 26.7 Å². The van der Waals surface area contributed by atoms with E-state index in [1.807, 2.05) is 0 Å². The molecule has 0 unspecified atom stereocenters. The zero-order valence-corrected chi connectivity index (χ0v) is 12.2. The predicted octanol–water partition coefficient (Wildman–Crippen LogP) is 5.04. The van der Waals surface area contributed by atoms with Gasteiger partial charge in [-0.1, -0.05) is 19.9 Å². The van der Waals surface area contributed by atoms with Gasteiger partial charge < -0.3 is 4.74 Å². The zero-order valence-electron chi connectivity index (χ0n) is 12.2. The Balaban J connectivity index is 5.97. The molecule has 0 aliphatic rings. The van der Waals surface area contributed by atoms with Crippen LogP contribution in [0.25, 0.3) is 0 Å². The first-order valence-corrected chi connectivity index (χ1v) is 6.17. The summed E-state index contributed by atoms with van der Waals surface area (Å²) in [5.41, 5.74) is -0.947. The maximum Gasteiger partial charge on any atom is 0.473 e. The highest BCUT2D eigenvalue weighted by molar-refractivity contribution is 5.87. The molecule has 0 heterocycles. The molecule has 0 radical (unpaired) electrons. The number of esters is 1. The normalized spacial score (nSPS) is 14.5. The number of ether oxygens (including phenoxy) is 1. The second-order valence-corrected chi connectivity index (χ2v) is 4.86. The maximum absolute atomic E-state index is 13.3. The summed E-state index contributed by atoms with van der Waals surface area (Å²) >= 11 is 0. The van der Waals surface area contributed by atoms with Gasteiger partial charge in [0.15, 0.2) is 0 Å². The molecule has 0 rings (SSSR count). The van der Waals surface area contributed by atoms with Crippen LogP contribution >= 0.6 is 0 Å². The molecule has 2 nitrogen and oxygen atoms in total. The monoisotopic (exact) mass is 378 g/mol. The molecule has 0 spiro atoms. The first-order valence-electron chi connectivity index (χ1n) is 6.17. The van der Waals surface area contributed by atoms with Crippen molar-refractivity contribution in [3.8, 4) is 0 Å². The number of alkyl halides is 10. The van der Waals surface area contributed by atoms with Crippen LogP contribution < -0.4 is 0 Å². The Morgan fingerprint density at radius 2 is 1.29 bits per heavy atom. The molecule has 0 aliphatic heterocycles. The number of rotatable bonds is 8. The maximum atomic E-state index is 13.3. The van der Waals surface area contributed by atoms with Gasteiger partial charge in [0, 0.05) is 12.0 Å². The molecular formula is C12H12F10O2. The summed E-state index contributed by atoms with van der Waals surface area (Å²) in [5.74, 6) is -29.2. The Labute approximate surface area is 129 Å². The third kappa shape index (κ3) is 3.46. The Bertz CT molecular complexity index is 498. The summed E-state index contributed by atoms with van der Waals surface area (Å²) in [6.45, 7) is 4.20. The van der Waals surface area contributed by atoms with Crippen molar-refractivity contribution in [2.24, 2.45) is 0 Å². The van der Waals surface area contributed by atoms with Crippen LogP contribution in [0.4, 0.5) is 43.9 Å². The molecule has 0 aromatic rings. The number of carbonyl (C=O) groups is 1. The lowest BCUT2D eigenvalue weighted by atomic mass is 9.95. The molecule has 0 aromatic carbocycles. The van der Waals surface area contributed by atoms with Crippen molar-refractivity contribution in [3.05, 3.63) is 12.2 Å². The average Bonchev–Trinajstić information content (AvgIpc) is 2.36. The quantitative estimate of drug-likeness (QED) is 0.336. The lowest BCUT2D eigenvalue weighted by Gasteiger charge is -2.38. The van der Waals surface area contributed by atoms with Gasteiger partial charge in [0.05, 0.1) is 0 Å². The summed E-state index contributed by atoms with van der Waals surface area (Å²) < 4.78 is 135. The molecular weight excluding hydrogens is 366 g/mol. The Morgan fingerprint density at radius 1 is 0.875 bits per heavy atom. The summed E-state index contributed by atoms with van der Waals surface area (Å²) in [6.07, 6.45) is -9.30. The third-order valence-corrected chi connectivity index (χ3v) is 2.75. The number of carbonyl (C=O) groups excluding carboxylic acids is 1. The fourth-order valence-electron chi connectivity index (χ4n) is 1.35. The number of hydrogen-bond donors (Lipinski definition) is 0. The van der Waals surface area contributed by atoms with Crippen LogP contribution in [-0.4, -0.2) is 35.8 Å². The van der Waals surface area contributed by atoms with Crippen molar-refractivity contribution < 1.29 is 53.4 Å². The van der Waals surface area contributed by atoms with Crippen LogP contribution in [0.2, 0.25) is 0 Å². The largest absolute Gasteiger partial charge is 0.473 e. The van der Waals surface area contributed by atoms with Crippen LogP contribution in [0.15, 0.2) is 12.2 Å². The molecule has 0 atom stereocenters. The predicted molar refractivity (Wildman–Crippen MR) is 60.5 cm³/mol. The molecule has 24 heavy (non-hydrogen) atoms. The van der Waals surface area contributed by atoms with Crippen LogP contribution in [-0.2, 0) is 9.53 Å². The molecule has 0 bridgehead atoms. The average molecular weight is 378 g/mol. The van der Waals surface area contributed by atoms with E-state index in [9.17, 15) is 48.7 Å². The molecule has 0 N–H and O–H groups in total. The van der Waals surface area contributed by atoms with Crippen molar-refractivity contribution in [3.63, 3.8) is 0 Å². The summed E-state index contributed by atoms with van der Waals surface area (Å²) in [4.78, 5) is 10.8. The molecule has 0 aliphatic carbocycles. The smallest absolute Gasteiger partial charge is 0.393 e. The van der Waals surface area contributed by atoms with Crippen molar-refractivity contribution in [2.45, 2.75) is 56.5 Å². The van der Waals surface area contributed by atoms with Crippen molar-refractivity contribution in [1.29, 1.82) is 0 Å². The highest BCUT2D eigenvalue weighted by atomic mass is 19.4. The van der Waals surface area contributed by atoms with E-state index < -0.39 is 54.2 Å². The van der Waals surface area contributed by atoms with Gasteiger partial charge in [0.2, 0.25) is 0 Å². The molecule has 142 valence electrons. The van der Waals surface area contributed by atoms with Crippen LogP contribution in [0.3, 0.4) is 0 Å². The minimum absolute atomic E-state index is 0.665. The molecule has 0 saturated heterocycles. The van der Waals surface area contributed by atoms with Gasteiger partial charge in [-0.2, -0.15) is 43.9 Å². The van der Waals surface area contributed by atoms with Crippen LogP contribution in [0, 0.1) is 0 Å². The second kappa shape index (κ2) is 6.43. The Kier molecular flexibility index (Phi) is 6.03. The SMILES string of the molecule is C=C(C)C(=O)OC(F)(F)C(F)(F)C(F)(F)C(F)(F)C(F)(F)CCC. The number of halogens is 10. The topological polar surface area (TPSA) is 26.3 Å². The molecule has 0 fully saturated rings. The van der Waals surface area contributed by atoms with Gasteiger partial charge in [0.1, 0.15) is 0 Å². The van der Waals surface area contributed by atoms with Gasteiger partial charge in [0.25, 0.3) is 0 Å². The van der Waals surface area contributed by atoms with E-state index in [4.69, 9.17) is 0 Å². The number of hydrogen-bond acceptors (Lipinski definition) is 2. The van der Waals surface area contributed by atoms with E-state index in [0.29, 0.717) is 6.92 Å². The first kappa shape index (κ1) is 22.5. The Morgan fingerprint density at radius 3 is 1.62 bits per heavy atom. The zero-order chi connectivity index (χ0) is 19.8. The van der Waals surface area contributed by atoms with Crippen molar-refractivity contribution in [2.75, 3.05) is 0 Å². The lowest BCUT2D eigenvalue weighted by Crippen LogP contribution is -2.67. The Hall–Kier alpha value is -1.49. The highest BCUT2D eigenvalue weighted by Gasteiger charge is 2.87.